The summed E-state index contributed by atoms with van der Waals surface area (Å²) in [4.78, 5) is 6.20. The van der Waals surface area contributed by atoms with Crippen LogP contribution in [0.15, 0.2) is 22.7 Å². The summed E-state index contributed by atoms with van der Waals surface area (Å²) in [5.74, 6) is 0. The molecule has 1 N–H and O–H groups in total. The van der Waals surface area contributed by atoms with E-state index in [-0.39, 0.29) is 6.10 Å². The molecule has 1 aromatic heterocycles. The van der Waals surface area contributed by atoms with E-state index in [0.717, 1.165) is 36.8 Å². The maximum absolute atomic E-state index is 5.79. The van der Waals surface area contributed by atoms with Crippen LogP contribution in [0, 0.1) is 0 Å². The molecule has 0 saturated carbocycles. The molecule has 0 spiro atoms. The average molecular weight is 337 g/mol. The third kappa shape index (κ3) is 1.96. The number of nitrogens with zero attached hydrogens (tertiary/aromatic N) is 1. The number of thiazole rings is 1. The van der Waals surface area contributed by atoms with E-state index in [1.54, 1.807) is 11.3 Å². The lowest BCUT2D eigenvalue weighted by Crippen LogP contribution is -2.33. The lowest BCUT2D eigenvalue weighted by Gasteiger charge is -2.21. The van der Waals surface area contributed by atoms with Crippen LogP contribution >= 0.6 is 27.3 Å². The number of rotatable bonds is 1. The molecule has 2 heterocycles. The maximum Gasteiger partial charge on any atom is 0.124 e. The van der Waals surface area contributed by atoms with Gasteiger partial charge in [0, 0.05) is 34.4 Å². The molecule has 4 rings (SSSR count). The summed E-state index contributed by atoms with van der Waals surface area (Å²) in [6, 6.07) is 6.34. The van der Waals surface area contributed by atoms with Gasteiger partial charge in [-0.15, -0.1) is 11.3 Å². The van der Waals surface area contributed by atoms with Gasteiger partial charge in [-0.25, -0.2) is 4.98 Å². The van der Waals surface area contributed by atoms with Crippen molar-refractivity contribution in [3.05, 3.63) is 38.1 Å². The smallest absolute Gasteiger partial charge is 0.124 e. The molecular weight excluding hydrogens is 324 g/mol. The van der Waals surface area contributed by atoms with Crippen molar-refractivity contribution in [2.75, 3.05) is 19.7 Å². The molecule has 1 fully saturated rings. The number of halogens is 1. The van der Waals surface area contributed by atoms with E-state index in [1.165, 1.54) is 20.5 Å². The highest BCUT2D eigenvalue weighted by Crippen LogP contribution is 2.43. The van der Waals surface area contributed by atoms with Crippen LogP contribution in [0.2, 0.25) is 0 Å². The van der Waals surface area contributed by atoms with Gasteiger partial charge in [0.1, 0.15) is 11.1 Å². The first-order chi connectivity index (χ1) is 9.33. The van der Waals surface area contributed by atoms with Crippen LogP contribution < -0.4 is 5.32 Å². The first-order valence-corrected chi connectivity index (χ1v) is 8.03. The summed E-state index contributed by atoms with van der Waals surface area (Å²) < 4.78 is 6.98. The number of hydrogen-bond donors (Lipinski definition) is 1. The minimum atomic E-state index is 0.125. The lowest BCUT2D eigenvalue weighted by molar-refractivity contribution is 0.0276. The normalized spacial score (nSPS) is 21.2. The second kappa shape index (κ2) is 4.66. The van der Waals surface area contributed by atoms with Gasteiger partial charge in [0.15, 0.2) is 0 Å². The van der Waals surface area contributed by atoms with E-state index in [4.69, 9.17) is 9.72 Å². The fourth-order valence-corrected chi connectivity index (χ4v) is 4.33. The minimum Gasteiger partial charge on any atom is -0.368 e. The van der Waals surface area contributed by atoms with Gasteiger partial charge >= 0.3 is 0 Å². The molecule has 2 aliphatic rings. The molecular formula is C14H13BrN2OS. The molecule has 5 heteroatoms. The zero-order chi connectivity index (χ0) is 12.8. The van der Waals surface area contributed by atoms with Crippen molar-refractivity contribution in [3.8, 4) is 11.3 Å². The summed E-state index contributed by atoms with van der Waals surface area (Å²) in [5, 5.41) is 4.47. The number of nitrogens with one attached hydrogen (secondary N) is 1. The SMILES string of the molecule is Brc1cccc2c1Cc1sc(C3CNCCO3)nc1-2. The second-order valence-electron chi connectivity index (χ2n) is 4.83. The summed E-state index contributed by atoms with van der Waals surface area (Å²) in [6.07, 6.45) is 1.11. The second-order valence-corrected chi connectivity index (χ2v) is 6.80. The molecule has 0 amide bonds. The molecule has 3 nitrogen and oxygen atoms in total. The third-order valence-electron chi connectivity index (χ3n) is 3.63. The van der Waals surface area contributed by atoms with E-state index < -0.39 is 0 Å². The fourth-order valence-electron chi connectivity index (χ4n) is 2.68. The van der Waals surface area contributed by atoms with Crippen LogP contribution in [0.25, 0.3) is 11.3 Å². The van der Waals surface area contributed by atoms with Gasteiger partial charge in [-0.1, -0.05) is 28.1 Å². The van der Waals surface area contributed by atoms with Crippen molar-refractivity contribution >= 4 is 27.3 Å². The lowest BCUT2D eigenvalue weighted by atomic mass is 10.1. The molecule has 1 saturated heterocycles. The summed E-state index contributed by atoms with van der Waals surface area (Å²) in [5.41, 5.74) is 3.80. The molecule has 2 aromatic rings. The maximum atomic E-state index is 5.79. The van der Waals surface area contributed by atoms with Crippen LogP contribution in [0.5, 0.6) is 0 Å². The quantitative estimate of drug-likeness (QED) is 0.741. The van der Waals surface area contributed by atoms with Crippen LogP contribution in [-0.2, 0) is 11.2 Å². The van der Waals surface area contributed by atoms with Crippen LogP contribution in [0.3, 0.4) is 0 Å². The van der Waals surface area contributed by atoms with Gasteiger partial charge in [-0.05, 0) is 11.6 Å². The van der Waals surface area contributed by atoms with Gasteiger partial charge < -0.3 is 10.1 Å². The summed E-state index contributed by atoms with van der Waals surface area (Å²) in [6.45, 7) is 2.59. The molecule has 1 unspecified atom stereocenters. The molecule has 1 aliphatic heterocycles. The number of fused-ring (bicyclic) bond motifs is 3. The molecule has 19 heavy (non-hydrogen) atoms. The van der Waals surface area contributed by atoms with Crippen molar-refractivity contribution in [2.45, 2.75) is 12.5 Å². The Morgan fingerprint density at radius 3 is 3.21 bits per heavy atom. The molecule has 1 aliphatic carbocycles. The Balaban J connectivity index is 1.73. The first-order valence-electron chi connectivity index (χ1n) is 6.42. The van der Waals surface area contributed by atoms with Crippen LogP contribution in [0.4, 0.5) is 0 Å². The van der Waals surface area contributed by atoms with Gasteiger partial charge in [0.2, 0.25) is 0 Å². The van der Waals surface area contributed by atoms with Crippen molar-refractivity contribution < 1.29 is 4.74 Å². The zero-order valence-corrected chi connectivity index (χ0v) is 12.7. The average Bonchev–Trinajstić information content (AvgIpc) is 2.99. The van der Waals surface area contributed by atoms with E-state index in [9.17, 15) is 0 Å². The molecule has 1 atom stereocenters. The highest BCUT2D eigenvalue weighted by atomic mass is 79.9. The number of benzene rings is 1. The number of aromatic nitrogens is 1. The Kier molecular flexibility index (Phi) is 2.95. The summed E-state index contributed by atoms with van der Waals surface area (Å²) in [7, 11) is 0. The molecule has 0 radical (unpaired) electrons. The largest absolute Gasteiger partial charge is 0.368 e. The van der Waals surface area contributed by atoms with Crippen molar-refractivity contribution in [1.82, 2.24) is 10.3 Å². The molecule has 1 aromatic carbocycles. The van der Waals surface area contributed by atoms with E-state index in [2.05, 4.69) is 39.4 Å². The molecule has 98 valence electrons. The Morgan fingerprint density at radius 1 is 1.42 bits per heavy atom. The van der Waals surface area contributed by atoms with Gasteiger partial charge in [-0.3, -0.25) is 0 Å². The van der Waals surface area contributed by atoms with E-state index >= 15 is 0 Å². The fraction of sp³-hybridized carbons (Fsp3) is 0.357. The van der Waals surface area contributed by atoms with Crippen molar-refractivity contribution in [2.24, 2.45) is 0 Å². The van der Waals surface area contributed by atoms with E-state index in [1.807, 2.05) is 0 Å². The summed E-state index contributed by atoms with van der Waals surface area (Å²) >= 11 is 5.43. The first kappa shape index (κ1) is 12.0. The Bertz CT molecular complexity index is 634. The number of ether oxygens (including phenoxy) is 1. The zero-order valence-electron chi connectivity index (χ0n) is 10.3. The number of morpholine rings is 1. The van der Waals surface area contributed by atoms with Crippen molar-refractivity contribution in [1.29, 1.82) is 0 Å². The topological polar surface area (TPSA) is 34.1 Å². The Morgan fingerprint density at radius 2 is 2.37 bits per heavy atom. The molecule has 0 bridgehead atoms. The predicted octanol–water partition coefficient (Wildman–Crippen LogP) is 3.14. The standard InChI is InChI=1S/C14H13BrN2OS/c15-10-3-1-2-8-9(10)6-12-13(8)17-14(19-12)11-7-16-4-5-18-11/h1-3,11,16H,4-7H2. The third-order valence-corrected chi connectivity index (χ3v) is 5.52. The van der Waals surface area contributed by atoms with Gasteiger partial charge in [0.05, 0.1) is 12.3 Å². The van der Waals surface area contributed by atoms with Crippen LogP contribution in [0.1, 0.15) is 21.6 Å². The number of hydrogen-bond acceptors (Lipinski definition) is 4. The highest BCUT2D eigenvalue weighted by Gasteiger charge is 2.28. The Hall–Kier alpha value is -0.750. The monoisotopic (exact) mass is 336 g/mol. The van der Waals surface area contributed by atoms with Gasteiger partial charge in [-0.2, -0.15) is 0 Å². The van der Waals surface area contributed by atoms with E-state index in [0.29, 0.717) is 0 Å². The Labute approximate surface area is 124 Å². The highest BCUT2D eigenvalue weighted by molar-refractivity contribution is 9.10. The van der Waals surface area contributed by atoms with Crippen LogP contribution in [-0.4, -0.2) is 24.7 Å². The van der Waals surface area contributed by atoms with Crippen molar-refractivity contribution in [3.63, 3.8) is 0 Å². The van der Waals surface area contributed by atoms with Gasteiger partial charge in [0.25, 0.3) is 0 Å². The predicted molar refractivity (Wildman–Crippen MR) is 79.6 cm³/mol. The minimum absolute atomic E-state index is 0.125.